The minimum absolute atomic E-state index is 0.0975. The van der Waals surface area contributed by atoms with E-state index in [9.17, 15) is 13.4 Å². The quantitative estimate of drug-likeness (QED) is 0.771. The van der Waals surface area contributed by atoms with Crippen LogP contribution in [-0.2, 0) is 24.5 Å². The zero-order chi connectivity index (χ0) is 20.8. The maximum absolute atomic E-state index is 13.4. The summed E-state index contributed by atoms with van der Waals surface area (Å²) in [7, 11) is 0.268. The number of nitrogens with zero attached hydrogens (tertiary/aromatic N) is 2. The van der Waals surface area contributed by atoms with Gasteiger partial charge in [0.2, 0.25) is 0 Å². The van der Waals surface area contributed by atoms with Crippen LogP contribution in [0.1, 0.15) is 41.9 Å². The van der Waals surface area contributed by atoms with Crippen molar-refractivity contribution in [3.05, 3.63) is 59.7 Å². The molecule has 0 bridgehead atoms. The number of halogens is 1. The maximum atomic E-state index is 13.4. The van der Waals surface area contributed by atoms with Gasteiger partial charge in [-0.3, -0.25) is 4.79 Å². The average Bonchev–Trinajstić information content (AvgIpc) is 2.96. The van der Waals surface area contributed by atoms with Crippen LogP contribution in [0.25, 0.3) is 0 Å². The average molecular weight is 402 g/mol. The van der Waals surface area contributed by atoms with E-state index in [0.29, 0.717) is 34.7 Å². The van der Waals surface area contributed by atoms with Crippen molar-refractivity contribution in [2.45, 2.75) is 37.6 Å². The van der Waals surface area contributed by atoms with Gasteiger partial charge < -0.3 is 9.88 Å². The van der Waals surface area contributed by atoms with Crippen LogP contribution in [0.15, 0.2) is 41.9 Å². The molecule has 2 unspecified atom stereocenters. The van der Waals surface area contributed by atoms with E-state index in [-0.39, 0.29) is 11.6 Å². The van der Waals surface area contributed by atoms with Gasteiger partial charge in [-0.05, 0) is 31.0 Å². The highest BCUT2D eigenvalue weighted by atomic mass is 32.2. The predicted octanol–water partition coefficient (Wildman–Crippen LogP) is 3.43. The number of benzene rings is 1. The number of anilines is 1. The Morgan fingerprint density at radius 3 is 2.86 bits per heavy atom. The molecule has 0 saturated heterocycles. The van der Waals surface area contributed by atoms with Crippen molar-refractivity contribution in [3.8, 4) is 6.07 Å². The Morgan fingerprint density at radius 1 is 1.50 bits per heavy atom. The van der Waals surface area contributed by atoms with Crippen LogP contribution in [0.4, 0.5) is 10.1 Å². The SMILES string of the molecule is C=CC1CCc2c(cn(C)c2C(=O)Nc2ccc(F)c(C#N)c2)S(=O)N1.CC. The first kappa shape index (κ1) is 21.5. The highest BCUT2D eigenvalue weighted by Crippen LogP contribution is 2.26. The van der Waals surface area contributed by atoms with E-state index in [0.717, 1.165) is 6.07 Å². The van der Waals surface area contributed by atoms with E-state index in [1.165, 1.54) is 12.1 Å². The van der Waals surface area contributed by atoms with E-state index >= 15 is 0 Å². The molecule has 0 radical (unpaired) electrons. The first-order chi connectivity index (χ1) is 13.4. The molecule has 0 saturated carbocycles. The summed E-state index contributed by atoms with van der Waals surface area (Å²) < 4.78 is 30.5. The van der Waals surface area contributed by atoms with Crippen LogP contribution in [0.5, 0.6) is 0 Å². The number of rotatable bonds is 3. The summed E-state index contributed by atoms with van der Waals surface area (Å²) in [4.78, 5) is 13.3. The van der Waals surface area contributed by atoms with Crippen LogP contribution in [0, 0.1) is 17.1 Å². The number of nitriles is 1. The van der Waals surface area contributed by atoms with Crippen molar-refractivity contribution in [2.75, 3.05) is 5.32 Å². The highest BCUT2D eigenvalue weighted by molar-refractivity contribution is 7.83. The molecular weight excluding hydrogens is 379 g/mol. The third kappa shape index (κ3) is 4.38. The van der Waals surface area contributed by atoms with Crippen LogP contribution >= 0.6 is 0 Å². The Labute approximate surface area is 166 Å². The Balaban J connectivity index is 0.00000136. The van der Waals surface area contributed by atoms with Crippen LogP contribution < -0.4 is 10.0 Å². The summed E-state index contributed by atoms with van der Waals surface area (Å²) in [5.74, 6) is -1.05. The predicted molar refractivity (Wildman–Crippen MR) is 108 cm³/mol. The number of fused-ring (bicyclic) bond motifs is 1. The number of hydrogen-bond donors (Lipinski definition) is 2. The number of aromatic nitrogens is 1. The standard InChI is InChI=1S/C18H17FN4O2S.C2H6/c1-3-12-4-6-14-16(26(25)22-12)10-23(2)17(14)18(24)21-13-5-7-15(19)11(8-13)9-20;1-2/h3,5,7-8,10,12,22H,1,4,6H2,2H3,(H,21,24);1-2H3. The van der Waals surface area contributed by atoms with Crippen LogP contribution in [0.2, 0.25) is 0 Å². The van der Waals surface area contributed by atoms with Gasteiger partial charge in [0.15, 0.2) is 0 Å². The minimum Gasteiger partial charge on any atom is -0.345 e. The summed E-state index contributed by atoms with van der Waals surface area (Å²) in [5, 5.41) is 11.6. The largest absolute Gasteiger partial charge is 0.345 e. The number of carbonyl (C=O) groups is 1. The van der Waals surface area contributed by atoms with Crippen molar-refractivity contribution in [1.29, 1.82) is 5.26 Å². The van der Waals surface area contributed by atoms with Crippen molar-refractivity contribution in [3.63, 3.8) is 0 Å². The summed E-state index contributed by atoms with van der Waals surface area (Å²) >= 11 is 0. The normalized spacial score (nSPS) is 18.0. The third-order valence-electron chi connectivity index (χ3n) is 4.25. The van der Waals surface area contributed by atoms with Gasteiger partial charge in [-0.25, -0.2) is 13.3 Å². The van der Waals surface area contributed by atoms with Crippen LogP contribution in [0.3, 0.4) is 0 Å². The molecule has 1 aliphatic rings. The summed E-state index contributed by atoms with van der Waals surface area (Å²) in [6, 6.07) is 5.45. The first-order valence-corrected chi connectivity index (χ1v) is 10.1. The van der Waals surface area contributed by atoms with Crippen molar-refractivity contribution >= 4 is 22.6 Å². The molecule has 0 spiro atoms. The fourth-order valence-electron chi connectivity index (χ4n) is 2.95. The third-order valence-corrected chi connectivity index (χ3v) is 5.52. The van der Waals surface area contributed by atoms with Crippen LogP contribution in [-0.4, -0.2) is 20.7 Å². The fourth-order valence-corrected chi connectivity index (χ4v) is 4.24. The molecule has 1 amide bonds. The topological polar surface area (TPSA) is 86.9 Å². The first-order valence-electron chi connectivity index (χ1n) is 8.94. The molecule has 1 aliphatic heterocycles. The number of aryl methyl sites for hydroxylation is 1. The van der Waals surface area contributed by atoms with E-state index in [1.54, 1.807) is 30.0 Å². The monoisotopic (exact) mass is 402 g/mol. The number of carbonyl (C=O) groups excluding carboxylic acids is 1. The Morgan fingerprint density at radius 2 is 2.21 bits per heavy atom. The molecule has 2 heterocycles. The molecule has 2 atom stereocenters. The van der Waals surface area contributed by atoms with Gasteiger partial charge in [-0.2, -0.15) is 5.26 Å². The van der Waals surface area contributed by atoms with E-state index < -0.39 is 22.7 Å². The van der Waals surface area contributed by atoms with Crippen molar-refractivity contribution in [2.24, 2.45) is 7.05 Å². The fraction of sp³-hybridized carbons (Fsp3) is 0.300. The molecule has 2 aromatic rings. The van der Waals surface area contributed by atoms with Gasteiger partial charge in [-0.1, -0.05) is 19.9 Å². The van der Waals surface area contributed by atoms with Gasteiger partial charge in [-0.15, -0.1) is 6.58 Å². The van der Waals surface area contributed by atoms with Gasteiger partial charge in [0.1, 0.15) is 28.6 Å². The van der Waals surface area contributed by atoms with Crippen molar-refractivity contribution in [1.82, 2.24) is 9.29 Å². The second kappa shape index (κ2) is 9.44. The number of nitrogens with one attached hydrogen (secondary N) is 2. The zero-order valence-electron chi connectivity index (χ0n) is 16.1. The number of hydrogen-bond acceptors (Lipinski definition) is 3. The van der Waals surface area contributed by atoms with E-state index in [4.69, 9.17) is 5.26 Å². The van der Waals surface area contributed by atoms with Crippen molar-refractivity contribution < 1.29 is 13.4 Å². The number of amides is 1. The summed E-state index contributed by atoms with van der Waals surface area (Å²) in [6.07, 6.45) is 4.61. The molecule has 2 N–H and O–H groups in total. The Hall–Kier alpha value is -2.76. The van der Waals surface area contributed by atoms with Gasteiger partial charge in [0.25, 0.3) is 5.91 Å². The zero-order valence-corrected chi connectivity index (χ0v) is 16.9. The lowest BCUT2D eigenvalue weighted by atomic mass is 10.1. The summed E-state index contributed by atoms with van der Waals surface area (Å²) in [6.45, 7) is 7.72. The van der Waals surface area contributed by atoms with Gasteiger partial charge >= 0.3 is 0 Å². The molecule has 0 fully saturated rings. The molecular formula is C20H23FN4O2S. The molecule has 1 aromatic heterocycles. The Bertz CT molecular complexity index is 962. The lowest BCUT2D eigenvalue weighted by Gasteiger charge is -2.11. The molecule has 1 aromatic carbocycles. The molecule has 28 heavy (non-hydrogen) atoms. The lowest BCUT2D eigenvalue weighted by molar-refractivity contribution is 0.101. The highest BCUT2D eigenvalue weighted by Gasteiger charge is 2.27. The second-order valence-corrected chi connectivity index (χ2v) is 7.17. The lowest BCUT2D eigenvalue weighted by Crippen LogP contribution is -2.27. The molecule has 3 rings (SSSR count). The maximum Gasteiger partial charge on any atom is 0.272 e. The van der Waals surface area contributed by atoms with Gasteiger partial charge in [0, 0.05) is 30.5 Å². The van der Waals surface area contributed by atoms with E-state index in [2.05, 4.69) is 16.6 Å². The minimum atomic E-state index is -1.44. The smallest absolute Gasteiger partial charge is 0.272 e. The van der Waals surface area contributed by atoms with E-state index in [1.807, 2.05) is 13.8 Å². The second-order valence-electron chi connectivity index (χ2n) is 5.96. The molecule has 0 aliphatic carbocycles. The molecule has 8 heteroatoms. The Kier molecular flexibility index (Phi) is 7.26. The molecule has 148 valence electrons. The summed E-state index contributed by atoms with van der Waals surface area (Å²) in [5.41, 5.74) is 1.28. The molecule has 6 nitrogen and oxygen atoms in total. The van der Waals surface area contributed by atoms with Gasteiger partial charge in [0.05, 0.1) is 10.5 Å².